The van der Waals surface area contributed by atoms with Gasteiger partial charge in [-0.3, -0.25) is 9.59 Å². The fraction of sp³-hybridized carbons (Fsp3) is 0.200. The molecule has 0 saturated carbocycles. The maximum Gasteiger partial charge on any atom is 0.234 e. The summed E-state index contributed by atoms with van der Waals surface area (Å²) in [5, 5.41) is 3.54. The number of carbonyl (C=O) groups is 1. The first kappa shape index (κ1) is 18.1. The van der Waals surface area contributed by atoms with Crippen LogP contribution in [0.2, 0.25) is 0 Å². The summed E-state index contributed by atoms with van der Waals surface area (Å²) in [5.41, 5.74) is 2.27. The number of H-pyrrole nitrogens is 1. The van der Waals surface area contributed by atoms with Gasteiger partial charge in [-0.15, -0.1) is 11.8 Å². The number of hydrogen-bond donors (Lipinski definition) is 2. The van der Waals surface area contributed by atoms with Gasteiger partial charge in [0.2, 0.25) is 5.91 Å². The second-order valence-electron chi connectivity index (χ2n) is 5.67. The van der Waals surface area contributed by atoms with Gasteiger partial charge >= 0.3 is 0 Å². The van der Waals surface area contributed by atoms with Gasteiger partial charge in [-0.2, -0.15) is 0 Å². The SMILES string of the molecule is CCOc1ccccc1NC(=O)CSCc1cc(=O)c2ccccc2[nH]1. The zero-order valence-corrected chi connectivity index (χ0v) is 15.3. The summed E-state index contributed by atoms with van der Waals surface area (Å²) in [5.74, 6) is 1.40. The van der Waals surface area contributed by atoms with Crippen LogP contribution < -0.4 is 15.5 Å². The summed E-state index contributed by atoms with van der Waals surface area (Å²) in [6, 6.07) is 16.4. The molecular weight excluding hydrogens is 348 g/mol. The second kappa shape index (κ2) is 8.58. The number of rotatable bonds is 7. The van der Waals surface area contributed by atoms with Crippen LogP contribution in [0.25, 0.3) is 10.9 Å². The molecule has 3 rings (SSSR count). The number of thioether (sulfide) groups is 1. The first-order valence-corrected chi connectivity index (χ1v) is 9.53. The topological polar surface area (TPSA) is 71.2 Å². The van der Waals surface area contributed by atoms with Crippen LogP contribution in [-0.2, 0) is 10.5 Å². The van der Waals surface area contributed by atoms with Crippen LogP contribution in [0.3, 0.4) is 0 Å². The molecule has 0 atom stereocenters. The number of amides is 1. The highest BCUT2D eigenvalue weighted by atomic mass is 32.2. The van der Waals surface area contributed by atoms with Crippen LogP contribution in [0.1, 0.15) is 12.6 Å². The second-order valence-corrected chi connectivity index (χ2v) is 6.66. The van der Waals surface area contributed by atoms with Gasteiger partial charge in [0.1, 0.15) is 5.75 Å². The molecule has 134 valence electrons. The first-order valence-electron chi connectivity index (χ1n) is 8.37. The number of fused-ring (bicyclic) bond motifs is 1. The van der Waals surface area contributed by atoms with Gasteiger partial charge in [0.15, 0.2) is 5.43 Å². The molecule has 0 spiro atoms. The fourth-order valence-electron chi connectivity index (χ4n) is 2.62. The zero-order chi connectivity index (χ0) is 18.4. The molecule has 0 unspecified atom stereocenters. The van der Waals surface area contributed by atoms with Crippen molar-refractivity contribution in [3.8, 4) is 5.75 Å². The molecule has 0 aliphatic rings. The van der Waals surface area contributed by atoms with E-state index in [1.807, 2.05) is 49.4 Å². The molecule has 5 nitrogen and oxygen atoms in total. The van der Waals surface area contributed by atoms with Crippen molar-refractivity contribution in [1.82, 2.24) is 4.98 Å². The molecule has 3 aromatic rings. The molecule has 2 N–H and O–H groups in total. The smallest absolute Gasteiger partial charge is 0.234 e. The molecular formula is C20H20N2O3S. The van der Waals surface area contributed by atoms with Crippen LogP contribution in [0.5, 0.6) is 5.75 Å². The van der Waals surface area contributed by atoms with Crippen molar-refractivity contribution in [3.63, 3.8) is 0 Å². The molecule has 6 heteroatoms. The molecule has 0 bridgehead atoms. The molecule has 0 saturated heterocycles. The third-order valence-electron chi connectivity index (χ3n) is 3.74. The summed E-state index contributed by atoms with van der Waals surface area (Å²) in [6.45, 7) is 2.44. The van der Waals surface area contributed by atoms with Gasteiger partial charge in [0.25, 0.3) is 0 Å². The highest BCUT2D eigenvalue weighted by molar-refractivity contribution is 7.99. The van der Waals surface area contributed by atoms with Crippen LogP contribution >= 0.6 is 11.8 Å². The standard InChI is InChI=1S/C20H20N2O3S/c1-2-25-19-10-6-5-9-17(19)22-20(24)13-26-12-14-11-18(23)15-7-3-4-8-16(15)21-14/h3-11H,2,12-13H2,1H3,(H,21,23)(H,22,24). The number of hydrogen-bond acceptors (Lipinski definition) is 4. The lowest BCUT2D eigenvalue weighted by molar-refractivity contribution is -0.113. The van der Waals surface area contributed by atoms with E-state index >= 15 is 0 Å². The number of pyridine rings is 1. The van der Waals surface area contributed by atoms with Gasteiger partial charge in [-0.05, 0) is 31.2 Å². The number of anilines is 1. The minimum absolute atomic E-state index is 0.00922. The minimum atomic E-state index is -0.106. The van der Waals surface area contributed by atoms with Crippen molar-refractivity contribution in [3.05, 3.63) is 70.5 Å². The van der Waals surface area contributed by atoms with E-state index in [2.05, 4.69) is 10.3 Å². The lowest BCUT2D eigenvalue weighted by Crippen LogP contribution is -2.15. The summed E-state index contributed by atoms with van der Waals surface area (Å²) in [4.78, 5) is 27.5. The molecule has 0 aliphatic heterocycles. The van der Waals surface area contributed by atoms with Crippen LogP contribution in [0, 0.1) is 0 Å². The molecule has 1 heterocycles. The number of benzene rings is 2. The lowest BCUT2D eigenvalue weighted by atomic mass is 10.2. The Kier molecular flexibility index (Phi) is 5.96. The predicted octanol–water partition coefficient (Wildman–Crippen LogP) is 3.80. The van der Waals surface area contributed by atoms with Crippen molar-refractivity contribution in [1.29, 1.82) is 0 Å². The van der Waals surface area contributed by atoms with Crippen molar-refractivity contribution < 1.29 is 9.53 Å². The summed E-state index contributed by atoms with van der Waals surface area (Å²) >= 11 is 1.45. The molecule has 0 aliphatic carbocycles. The maximum atomic E-state index is 12.2. The van der Waals surface area contributed by atoms with Crippen molar-refractivity contribution in [2.75, 3.05) is 17.7 Å². The van der Waals surface area contributed by atoms with Crippen molar-refractivity contribution in [2.45, 2.75) is 12.7 Å². The summed E-state index contributed by atoms with van der Waals surface area (Å²) < 4.78 is 5.50. The van der Waals surface area contributed by atoms with E-state index in [9.17, 15) is 9.59 Å². The Morgan fingerprint density at radius 1 is 1.15 bits per heavy atom. The largest absolute Gasteiger partial charge is 0.492 e. The maximum absolute atomic E-state index is 12.2. The third kappa shape index (κ3) is 4.46. The van der Waals surface area contributed by atoms with Crippen LogP contribution in [0.4, 0.5) is 5.69 Å². The van der Waals surface area contributed by atoms with E-state index in [1.54, 1.807) is 12.1 Å². The van der Waals surface area contributed by atoms with Gasteiger partial charge in [-0.1, -0.05) is 24.3 Å². The van der Waals surface area contributed by atoms with Crippen molar-refractivity contribution in [2.24, 2.45) is 0 Å². The van der Waals surface area contributed by atoms with E-state index in [-0.39, 0.29) is 17.1 Å². The zero-order valence-electron chi connectivity index (χ0n) is 14.5. The quantitative estimate of drug-likeness (QED) is 0.665. The van der Waals surface area contributed by atoms with Crippen molar-refractivity contribution >= 4 is 34.3 Å². The predicted molar refractivity (Wildman–Crippen MR) is 107 cm³/mol. The number of carbonyl (C=O) groups excluding carboxylic acids is 1. The molecule has 0 radical (unpaired) electrons. The van der Waals surface area contributed by atoms with Gasteiger partial charge < -0.3 is 15.0 Å². The third-order valence-corrected chi connectivity index (χ3v) is 4.73. The summed E-state index contributed by atoms with van der Waals surface area (Å²) in [6.07, 6.45) is 0. The Hall–Kier alpha value is -2.73. The number of ether oxygens (including phenoxy) is 1. The molecule has 1 amide bonds. The van der Waals surface area contributed by atoms with Gasteiger partial charge in [0, 0.05) is 28.4 Å². The average Bonchev–Trinajstić information content (AvgIpc) is 2.64. The Labute approximate surface area is 155 Å². The molecule has 0 fully saturated rings. The van der Waals surface area contributed by atoms with E-state index in [0.717, 1.165) is 11.2 Å². The van der Waals surface area contributed by atoms with E-state index in [4.69, 9.17) is 4.74 Å². The molecule has 1 aromatic heterocycles. The number of nitrogens with one attached hydrogen (secondary N) is 2. The highest BCUT2D eigenvalue weighted by Gasteiger charge is 2.08. The Balaban J connectivity index is 1.58. The molecule has 2 aromatic carbocycles. The summed E-state index contributed by atoms with van der Waals surface area (Å²) in [7, 11) is 0. The van der Waals surface area contributed by atoms with Crippen LogP contribution in [-0.4, -0.2) is 23.3 Å². The monoisotopic (exact) mass is 368 g/mol. The van der Waals surface area contributed by atoms with Gasteiger partial charge in [0.05, 0.1) is 18.0 Å². The first-order chi connectivity index (χ1) is 12.7. The van der Waals surface area contributed by atoms with E-state index in [1.165, 1.54) is 11.8 Å². The highest BCUT2D eigenvalue weighted by Crippen LogP contribution is 2.24. The fourth-order valence-corrected chi connectivity index (χ4v) is 3.36. The van der Waals surface area contributed by atoms with E-state index < -0.39 is 0 Å². The minimum Gasteiger partial charge on any atom is -0.492 e. The Morgan fingerprint density at radius 2 is 1.92 bits per heavy atom. The number of aromatic amines is 1. The van der Waals surface area contributed by atoms with Gasteiger partial charge in [-0.25, -0.2) is 0 Å². The Bertz CT molecular complexity index is 968. The lowest BCUT2D eigenvalue weighted by Gasteiger charge is -2.11. The van der Waals surface area contributed by atoms with Crippen LogP contribution in [0.15, 0.2) is 59.4 Å². The number of aromatic nitrogens is 1. The normalized spacial score (nSPS) is 10.7. The Morgan fingerprint density at radius 3 is 2.77 bits per heavy atom. The molecule has 26 heavy (non-hydrogen) atoms. The average molecular weight is 368 g/mol. The van der Waals surface area contributed by atoms with E-state index in [0.29, 0.717) is 29.2 Å². The number of para-hydroxylation sites is 3.